The molecule has 0 saturated heterocycles. The molecule has 0 aliphatic carbocycles. The van der Waals surface area contributed by atoms with Gasteiger partial charge in [0, 0.05) is 27.6 Å². The molecule has 0 N–H and O–H groups in total. The van der Waals surface area contributed by atoms with Gasteiger partial charge in [-0.1, -0.05) is 161 Å². The van der Waals surface area contributed by atoms with Crippen molar-refractivity contribution in [1.82, 2.24) is 14.0 Å². The van der Waals surface area contributed by atoms with Crippen molar-refractivity contribution in [2.75, 3.05) is 0 Å². The number of hydrogen-bond donors (Lipinski definition) is 0. The topological polar surface area (TPSA) is 31.5 Å². The number of nitrogens with zero attached hydrogens (tertiary/aromatic N) is 3. The minimum atomic E-state index is -3.11. The maximum Gasteiger partial charge on any atom is 0.220 e. The molecule has 3 heterocycles. The maximum atomic E-state index is 7.34. The highest BCUT2D eigenvalue weighted by molar-refractivity contribution is 7.20. The summed E-state index contributed by atoms with van der Waals surface area (Å²) in [6.07, 6.45) is 0. The standard InChI is InChI=1S/C49H41N3OSi/c1-48(2)38-25-11-16-31-44(38)53-46-39(49(48,3)4)26-18-32-45(46)54(35-20-7-5-8-21-35,36-22-9-6-10-23-36)37-24-17-19-34(33-37)51-42-29-14-15-30-43(42)52-41-28-13-12-27-40(41)50-47(51)52/h5-33H,1-4H3. The average Bonchev–Trinajstić information content (AvgIpc) is 3.72. The number of rotatable bonds is 5. The molecule has 0 fully saturated rings. The molecule has 10 rings (SSSR count). The lowest BCUT2D eigenvalue weighted by molar-refractivity contribution is 0.306. The summed E-state index contributed by atoms with van der Waals surface area (Å²) in [6.45, 7) is 9.49. The van der Waals surface area contributed by atoms with Crippen LogP contribution in [0.4, 0.5) is 0 Å². The van der Waals surface area contributed by atoms with Crippen molar-refractivity contribution in [2.24, 2.45) is 0 Å². The van der Waals surface area contributed by atoms with Crippen LogP contribution in [0.3, 0.4) is 0 Å². The van der Waals surface area contributed by atoms with Crippen molar-refractivity contribution in [3.8, 4) is 17.2 Å². The predicted octanol–water partition coefficient (Wildman–Crippen LogP) is 9.17. The van der Waals surface area contributed by atoms with E-state index in [4.69, 9.17) is 9.72 Å². The third-order valence-corrected chi connectivity index (χ3v) is 17.3. The van der Waals surface area contributed by atoms with E-state index in [1.807, 2.05) is 0 Å². The molecule has 0 unspecified atom stereocenters. The molecule has 9 aromatic rings. The molecule has 0 saturated carbocycles. The molecule has 2 aromatic heterocycles. The van der Waals surface area contributed by atoms with Gasteiger partial charge in [0.25, 0.3) is 0 Å². The van der Waals surface area contributed by atoms with Crippen molar-refractivity contribution < 1.29 is 4.74 Å². The van der Waals surface area contributed by atoms with E-state index in [0.29, 0.717) is 0 Å². The van der Waals surface area contributed by atoms with Gasteiger partial charge >= 0.3 is 0 Å². The van der Waals surface area contributed by atoms with Crippen molar-refractivity contribution in [3.63, 3.8) is 0 Å². The Bertz CT molecular complexity index is 2830. The van der Waals surface area contributed by atoms with Crippen LogP contribution < -0.4 is 25.5 Å². The molecule has 0 bridgehead atoms. The molecule has 0 amide bonds. The van der Waals surface area contributed by atoms with Gasteiger partial charge in [-0.25, -0.2) is 4.98 Å². The van der Waals surface area contributed by atoms with E-state index in [1.54, 1.807) is 0 Å². The molecule has 0 radical (unpaired) electrons. The van der Waals surface area contributed by atoms with E-state index in [1.165, 1.54) is 31.9 Å². The minimum Gasteiger partial charge on any atom is -0.457 e. The first-order valence-corrected chi connectivity index (χ1v) is 20.8. The van der Waals surface area contributed by atoms with Crippen molar-refractivity contribution in [2.45, 2.75) is 38.5 Å². The smallest absolute Gasteiger partial charge is 0.220 e. The van der Waals surface area contributed by atoms with Crippen LogP contribution in [0.2, 0.25) is 0 Å². The summed E-state index contributed by atoms with van der Waals surface area (Å²) in [6, 6.07) is 64.1. The van der Waals surface area contributed by atoms with Gasteiger partial charge < -0.3 is 4.74 Å². The molecular weight excluding hydrogens is 675 g/mol. The second-order valence-electron chi connectivity index (χ2n) is 15.6. The molecule has 0 spiro atoms. The number of imidazole rings is 2. The second kappa shape index (κ2) is 11.9. The van der Waals surface area contributed by atoms with Crippen molar-refractivity contribution in [1.29, 1.82) is 0 Å². The van der Waals surface area contributed by atoms with E-state index in [0.717, 1.165) is 45.0 Å². The van der Waals surface area contributed by atoms with Gasteiger partial charge in [-0.3, -0.25) is 8.97 Å². The number of ether oxygens (including phenoxy) is 1. The number of aromatic nitrogens is 3. The Hall–Kier alpha value is -6.17. The molecular formula is C49H41N3OSi. The molecule has 262 valence electrons. The highest BCUT2D eigenvalue weighted by Gasteiger charge is 2.49. The van der Waals surface area contributed by atoms with Crippen LogP contribution in [0.15, 0.2) is 176 Å². The Balaban J connectivity index is 1.32. The van der Waals surface area contributed by atoms with Crippen molar-refractivity contribution in [3.05, 3.63) is 187 Å². The second-order valence-corrected chi connectivity index (χ2v) is 19.4. The zero-order valence-corrected chi connectivity index (χ0v) is 32.0. The van der Waals surface area contributed by atoms with Gasteiger partial charge in [-0.15, -0.1) is 0 Å². The number of para-hydroxylation sites is 6. The lowest BCUT2D eigenvalue weighted by atomic mass is 9.61. The van der Waals surface area contributed by atoms with E-state index in [-0.39, 0.29) is 10.8 Å². The third-order valence-electron chi connectivity index (χ3n) is 12.5. The first-order chi connectivity index (χ1) is 26.3. The fourth-order valence-corrected chi connectivity index (χ4v) is 14.0. The van der Waals surface area contributed by atoms with Crippen LogP contribution in [0.1, 0.15) is 38.8 Å². The molecule has 0 atom stereocenters. The van der Waals surface area contributed by atoms with E-state index in [9.17, 15) is 0 Å². The van der Waals surface area contributed by atoms with Gasteiger partial charge in [0.15, 0.2) is 8.07 Å². The largest absolute Gasteiger partial charge is 0.457 e. The zero-order valence-electron chi connectivity index (χ0n) is 31.0. The first-order valence-electron chi connectivity index (χ1n) is 18.8. The molecule has 4 nitrogen and oxygen atoms in total. The Kier molecular flexibility index (Phi) is 7.17. The normalized spacial score (nSPS) is 14.7. The highest BCUT2D eigenvalue weighted by atomic mass is 28.3. The molecule has 5 heteroatoms. The Morgan fingerprint density at radius 1 is 0.500 bits per heavy atom. The molecule has 1 aliphatic rings. The third kappa shape index (κ3) is 4.45. The van der Waals surface area contributed by atoms with Gasteiger partial charge in [-0.05, 0) is 63.2 Å². The van der Waals surface area contributed by atoms with E-state index < -0.39 is 8.07 Å². The maximum absolute atomic E-state index is 7.34. The van der Waals surface area contributed by atoms with Crippen LogP contribution >= 0.6 is 0 Å². The van der Waals surface area contributed by atoms with Gasteiger partial charge in [-0.2, -0.15) is 0 Å². The summed E-state index contributed by atoms with van der Waals surface area (Å²) >= 11 is 0. The van der Waals surface area contributed by atoms with Crippen LogP contribution in [-0.4, -0.2) is 22.0 Å². The van der Waals surface area contributed by atoms with Gasteiger partial charge in [0.2, 0.25) is 5.78 Å². The monoisotopic (exact) mass is 715 g/mol. The summed E-state index contributed by atoms with van der Waals surface area (Å²) in [4.78, 5) is 5.23. The molecule has 7 aromatic carbocycles. The van der Waals surface area contributed by atoms with Crippen LogP contribution in [0, 0.1) is 0 Å². The van der Waals surface area contributed by atoms with Crippen LogP contribution in [0.5, 0.6) is 11.5 Å². The van der Waals surface area contributed by atoms with Gasteiger partial charge in [0.1, 0.15) is 11.5 Å². The fraction of sp³-hybridized carbons (Fsp3) is 0.122. The van der Waals surface area contributed by atoms with E-state index >= 15 is 0 Å². The molecule has 1 aliphatic heterocycles. The number of benzene rings is 7. The first kappa shape index (κ1) is 32.5. The van der Waals surface area contributed by atoms with Crippen LogP contribution in [-0.2, 0) is 10.8 Å². The highest BCUT2D eigenvalue weighted by Crippen LogP contribution is 2.52. The van der Waals surface area contributed by atoms with Gasteiger partial charge in [0.05, 0.1) is 22.1 Å². The average molecular weight is 716 g/mol. The quantitative estimate of drug-likeness (QED) is 0.132. The lowest BCUT2D eigenvalue weighted by Gasteiger charge is -2.42. The number of fused-ring (bicyclic) bond motifs is 7. The summed E-state index contributed by atoms with van der Waals surface area (Å²) in [7, 11) is -3.11. The summed E-state index contributed by atoms with van der Waals surface area (Å²) < 4.78 is 12.0. The number of hydrogen-bond acceptors (Lipinski definition) is 2. The van der Waals surface area contributed by atoms with Crippen LogP contribution in [0.25, 0.3) is 33.5 Å². The Labute approximate surface area is 317 Å². The zero-order chi connectivity index (χ0) is 36.7. The minimum absolute atomic E-state index is 0.203. The molecule has 54 heavy (non-hydrogen) atoms. The van der Waals surface area contributed by atoms with E-state index in [2.05, 4.69) is 213 Å². The van der Waals surface area contributed by atoms with Crippen molar-refractivity contribution >= 4 is 56.7 Å². The predicted molar refractivity (Wildman–Crippen MR) is 226 cm³/mol. The summed E-state index contributed by atoms with van der Waals surface area (Å²) in [5.74, 6) is 2.80. The Morgan fingerprint density at radius 3 is 1.80 bits per heavy atom. The fourth-order valence-electron chi connectivity index (χ4n) is 9.12. The summed E-state index contributed by atoms with van der Waals surface area (Å²) in [5, 5.41) is 5.11. The Morgan fingerprint density at radius 2 is 1.06 bits per heavy atom. The lowest BCUT2D eigenvalue weighted by Crippen LogP contribution is -2.75. The summed E-state index contributed by atoms with van der Waals surface area (Å²) in [5.41, 5.74) is 7.40. The SMILES string of the molecule is CC1(C)c2ccccc2Oc2c(cccc2[Si](c2ccccc2)(c2ccccc2)c2cccc(-n3c4ccccc4n4c5ccccc5nc34)c2)C1(C)C.